The number of carbonyl (C=O) groups is 2. The van der Waals surface area contributed by atoms with Gasteiger partial charge in [0.2, 0.25) is 0 Å². The van der Waals surface area contributed by atoms with E-state index in [9.17, 15) is 9.59 Å². The summed E-state index contributed by atoms with van der Waals surface area (Å²) >= 11 is 0. The van der Waals surface area contributed by atoms with Crippen LogP contribution in [0.5, 0.6) is 0 Å². The molecule has 0 aliphatic heterocycles. The molecular weight excluding hydrogens is 222 g/mol. The standard InChI is InChI=1S/C10H11NO4.C2H6/c11-5-4-6-7(9(12)13)2-1-3-8(6)10(14)15;1-2/h1-3H,4-5,11H2,(H,12,13)(H,14,15);1-2H3. The Hall–Kier alpha value is -1.88. The van der Waals surface area contributed by atoms with Gasteiger partial charge in [-0.1, -0.05) is 19.9 Å². The Morgan fingerprint density at radius 3 is 1.82 bits per heavy atom. The Morgan fingerprint density at radius 1 is 1.12 bits per heavy atom. The Kier molecular flexibility index (Phi) is 6.58. The van der Waals surface area contributed by atoms with Crippen molar-refractivity contribution in [2.45, 2.75) is 20.3 Å². The molecule has 0 fully saturated rings. The van der Waals surface area contributed by atoms with Gasteiger partial charge in [0.1, 0.15) is 0 Å². The number of nitrogens with two attached hydrogens (primary N) is 1. The summed E-state index contributed by atoms with van der Waals surface area (Å²) in [7, 11) is 0. The molecule has 5 nitrogen and oxygen atoms in total. The quantitative estimate of drug-likeness (QED) is 0.741. The lowest BCUT2D eigenvalue weighted by Crippen LogP contribution is -2.13. The van der Waals surface area contributed by atoms with Crippen LogP contribution in [-0.4, -0.2) is 28.7 Å². The summed E-state index contributed by atoms with van der Waals surface area (Å²) in [5.74, 6) is -2.27. The number of hydrogen-bond acceptors (Lipinski definition) is 3. The summed E-state index contributed by atoms with van der Waals surface area (Å²) in [6.45, 7) is 4.21. The molecule has 0 radical (unpaired) electrons. The molecule has 0 aliphatic carbocycles. The lowest BCUT2D eigenvalue weighted by atomic mass is 9.98. The summed E-state index contributed by atoms with van der Waals surface area (Å²) in [6.07, 6.45) is 0.240. The molecule has 94 valence electrons. The lowest BCUT2D eigenvalue weighted by molar-refractivity contribution is 0.0695. The lowest BCUT2D eigenvalue weighted by Gasteiger charge is -2.08. The van der Waals surface area contributed by atoms with E-state index in [-0.39, 0.29) is 29.7 Å². The largest absolute Gasteiger partial charge is 0.478 e. The van der Waals surface area contributed by atoms with Gasteiger partial charge in [-0.3, -0.25) is 0 Å². The van der Waals surface area contributed by atoms with Crippen molar-refractivity contribution in [3.63, 3.8) is 0 Å². The second-order valence-corrected chi connectivity index (χ2v) is 2.98. The zero-order valence-electron chi connectivity index (χ0n) is 9.93. The highest BCUT2D eigenvalue weighted by atomic mass is 16.4. The molecule has 0 saturated heterocycles. The van der Waals surface area contributed by atoms with Gasteiger partial charge in [0, 0.05) is 0 Å². The van der Waals surface area contributed by atoms with Gasteiger partial charge in [-0.25, -0.2) is 9.59 Å². The first kappa shape index (κ1) is 15.1. The van der Waals surface area contributed by atoms with Crippen molar-refractivity contribution in [1.82, 2.24) is 0 Å². The first-order valence-corrected chi connectivity index (χ1v) is 5.36. The van der Waals surface area contributed by atoms with Gasteiger partial charge in [-0.2, -0.15) is 0 Å². The van der Waals surface area contributed by atoms with E-state index in [1.165, 1.54) is 18.2 Å². The van der Waals surface area contributed by atoms with Crippen molar-refractivity contribution >= 4 is 11.9 Å². The van der Waals surface area contributed by atoms with Gasteiger partial charge < -0.3 is 15.9 Å². The summed E-state index contributed by atoms with van der Waals surface area (Å²) in [5, 5.41) is 17.7. The fourth-order valence-corrected chi connectivity index (χ4v) is 1.40. The first-order valence-electron chi connectivity index (χ1n) is 5.36. The minimum Gasteiger partial charge on any atom is -0.478 e. The number of carboxylic acids is 2. The Balaban J connectivity index is 0.00000121. The highest BCUT2D eigenvalue weighted by Gasteiger charge is 2.16. The number of carboxylic acid groups (broad SMARTS) is 2. The molecule has 4 N–H and O–H groups in total. The van der Waals surface area contributed by atoms with E-state index in [4.69, 9.17) is 15.9 Å². The van der Waals surface area contributed by atoms with Crippen molar-refractivity contribution in [1.29, 1.82) is 0 Å². The number of benzene rings is 1. The molecule has 0 heterocycles. The molecule has 0 atom stereocenters. The van der Waals surface area contributed by atoms with E-state index in [1.54, 1.807) is 0 Å². The van der Waals surface area contributed by atoms with Crippen LogP contribution in [0.25, 0.3) is 0 Å². The molecule has 0 amide bonds. The van der Waals surface area contributed by atoms with Crippen LogP contribution in [0.4, 0.5) is 0 Å². The SMILES string of the molecule is CC.NCCc1c(C(=O)O)cccc1C(=O)O. The summed E-state index contributed by atoms with van der Waals surface area (Å²) in [5.41, 5.74) is 5.59. The predicted octanol–water partition coefficient (Wildman–Crippen LogP) is 1.61. The molecule has 1 rings (SSSR count). The van der Waals surface area contributed by atoms with Crippen molar-refractivity contribution in [3.8, 4) is 0 Å². The summed E-state index contributed by atoms with van der Waals surface area (Å²) in [4.78, 5) is 21.7. The Bertz CT molecular complexity index is 369. The van der Waals surface area contributed by atoms with Crippen LogP contribution >= 0.6 is 0 Å². The predicted molar refractivity (Wildman–Crippen MR) is 64.5 cm³/mol. The van der Waals surface area contributed by atoms with E-state index in [0.717, 1.165) is 0 Å². The topological polar surface area (TPSA) is 101 Å². The minimum absolute atomic E-state index is 0.000324. The van der Waals surface area contributed by atoms with Crippen LogP contribution in [0.2, 0.25) is 0 Å². The van der Waals surface area contributed by atoms with E-state index in [2.05, 4.69) is 0 Å². The molecular formula is C12H17NO4. The molecule has 0 unspecified atom stereocenters. The molecule has 0 spiro atoms. The van der Waals surface area contributed by atoms with Crippen molar-refractivity contribution < 1.29 is 19.8 Å². The average Bonchev–Trinajstić information content (AvgIpc) is 2.31. The molecule has 1 aromatic rings. The molecule has 5 heteroatoms. The van der Waals surface area contributed by atoms with Gasteiger partial charge in [0.05, 0.1) is 11.1 Å². The van der Waals surface area contributed by atoms with Crippen LogP contribution in [0.15, 0.2) is 18.2 Å². The van der Waals surface area contributed by atoms with Crippen LogP contribution < -0.4 is 5.73 Å². The Morgan fingerprint density at radius 2 is 1.53 bits per heavy atom. The van der Waals surface area contributed by atoms with Crippen LogP contribution in [0.1, 0.15) is 40.1 Å². The second-order valence-electron chi connectivity index (χ2n) is 2.98. The number of rotatable bonds is 4. The number of hydrogen-bond donors (Lipinski definition) is 3. The van der Waals surface area contributed by atoms with Gasteiger partial charge >= 0.3 is 11.9 Å². The van der Waals surface area contributed by atoms with E-state index >= 15 is 0 Å². The minimum atomic E-state index is -1.14. The van der Waals surface area contributed by atoms with Crippen LogP contribution in [-0.2, 0) is 6.42 Å². The second kappa shape index (κ2) is 7.40. The highest BCUT2D eigenvalue weighted by Crippen LogP contribution is 2.15. The third-order valence-corrected chi connectivity index (χ3v) is 2.03. The first-order chi connectivity index (χ1) is 8.07. The smallest absolute Gasteiger partial charge is 0.335 e. The van der Waals surface area contributed by atoms with Gasteiger partial charge in [-0.05, 0) is 30.7 Å². The molecule has 0 bridgehead atoms. The van der Waals surface area contributed by atoms with E-state index < -0.39 is 11.9 Å². The van der Waals surface area contributed by atoms with Crippen molar-refractivity contribution in [2.24, 2.45) is 5.73 Å². The van der Waals surface area contributed by atoms with Crippen LogP contribution in [0.3, 0.4) is 0 Å². The van der Waals surface area contributed by atoms with Crippen molar-refractivity contribution in [2.75, 3.05) is 6.54 Å². The molecule has 0 aliphatic rings. The maximum atomic E-state index is 10.8. The van der Waals surface area contributed by atoms with Crippen molar-refractivity contribution in [3.05, 3.63) is 34.9 Å². The van der Waals surface area contributed by atoms with Crippen LogP contribution in [0, 0.1) is 0 Å². The summed E-state index contributed by atoms with van der Waals surface area (Å²) < 4.78 is 0. The highest BCUT2D eigenvalue weighted by molar-refractivity contribution is 5.96. The van der Waals surface area contributed by atoms with Gasteiger partial charge in [0.15, 0.2) is 0 Å². The average molecular weight is 239 g/mol. The Labute approximate surface area is 99.9 Å². The zero-order valence-corrected chi connectivity index (χ0v) is 9.93. The third-order valence-electron chi connectivity index (χ3n) is 2.03. The zero-order chi connectivity index (χ0) is 13.4. The summed E-state index contributed by atoms with van der Waals surface area (Å²) in [6, 6.07) is 4.16. The molecule has 0 saturated carbocycles. The number of aromatic carboxylic acids is 2. The van der Waals surface area contributed by atoms with E-state index in [1.807, 2.05) is 13.8 Å². The fraction of sp³-hybridized carbons (Fsp3) is 0.333. The normalized spacial score (nSPS) is 9.12. The van der Waals surface area contributed by atoms with E-state index in [0.29, 0.717) is 0 Å². The molecule has 0 aromatic heterocycles. The molecule has 1 aromatic carbocycles. The fourth-order valence-electron chi connectivity index (χ4n) is 1.40. The maximum Gasteiger partial charge on any atom is 0.335 e. The third kappa shape index (κ3) is 3.88. The van der Waals surface area contributed by atoms with Gasteiger partial charge in [-0.15, -0.1) is 0 Å². The van der Waals surface area contributed by atoms with Gasteiger partial charge in [0.25, 0.3) is 0 Å². The monoisotopic (exact) mass is 239 g/mol. The maximum absolute atomic E-state index is 10.8. The molecule has 17 heavy (non-hydrogen) atoms.